The normalized spacial score (nSPS) is 19.1. The van der Waals surface area contributed by atoms with E-state index in [0.717, 1.165) is 37.1 Å². The molecule has 0 fully saturated rings. The van der Waals surface area contributed by atoms with Crippen LogP contribution in [0.15, 0.2) is 6.08 Å². The summed E-state index contributed by atoms with van der Waals surface area (Å²) in [6.45, 7) is 11.9. The van der Waals surface area contributed by atoms with E-state index in [2.05, 4.69) is 28.8 Å². The number of rotatable bonds is 14. The highest BCUT2D eigenvalue weighted by Crippen LogP contribution is 2.31. The average Bonchev–Trinajstić information content (AvgIpc) is 3.24. The quantitative estimate of drug-likeness (QED) is 0.185. The Morgan fingerprint density at radius 3 is 2.49 bits per heavy atom. The van der Waals surface area contributed by atoms with Gasteiger partial charge in [0.1, 0.15) is 17.8 Å². The molecule has 9 heteroatoms. The summed E-state index contributed by atoms with van der Waals surface area (Å²) in [6, 6.07) is 0. The van der Waals surface area contributed by atoms with Crippen molar-refractivity contribution >= 4 is 29.2 Å². The van der Waals surface area contributed by atoms with E-state index >= 15 is 0 Å². The average molecular weight is 511 g/mol. The van der Waals surface area contributed by atoms with E-state index in [1.165, 1.54) is 24.6 Å². The summed E-state index contributed by atoms with van der Waals surface area (Å²) in [7, 11) is 2.11. The van der Waals surface area contributed by atoms with Crippen LogP contribution in [0, 0.1) is 0 Å². The van der Waals surface area contributed by atoms with E-state index in [4.69, 9.17) is 14.2 Å². The molecule has 1 aliphatic heterocycles. The van der Waals surface area contributed by atoms with Gasteiger partial charge >= 0.3 is 11.9 Å². The zero-order valence-electron chi connectivity index (χ0n) is 22.4. The molecule has 35 heavy (non-hydrogen) atoms. The van der Waals surface area contributed by atoms with E-state index in [-0.39, 0.29) is 18.2 Å². The Kier molecular flexibility index (Phi) is 11.6. The van der Waals surface area contributed by atoms with Crippen molar-refractivity contribution in [2.24, 2.45) is 0 Å². The van der Waals surface area contributed by atoms with Gasteiger partial charge in [-0.1, -0.05) is 32.3 Å². The van der Waals surface area contributed by atoms with E-state index in [9.17, 15) is 9.59 Å². The lowest BCUT2D eigenvalue weighted by Crippen LogP contribution is -2.55. The first-order valence-corrected chi connectivity index (χ1v) is 13.7. The van der Waals surface area contributed by atoms with Gasteiger partial charge in [-0.2, -0.15) is 4.37 Å². The zero-order chi connectivity index (χ0) is 25.9. The van der Waals surface area contributed by atoms with E-state index in [1.54, 1.807) is 0 Å². The van der Waals surface area contributed by atoms with Crippen molar-refractivity contribution < 1.29 is 28.3 Å². The van der Waals surface area contributed by atoms with Crippen LogP contribution >= 0.6 is 11.7 Å². The molecule has 1 aliphatic rings. The van der Waals surface area contributed by atoms with Gasteiger partial charge in [-0.25, -0.2) is 0 Å². The summed E-state index contributed by atoms with van der Waals surface area (Å²) in [5.41, 5.74) is 1.42. The minimum absolute atomic E-state index is 0.231. The number of aromatic nitrogens is 2. The first-order chi connectivity index (χ1) is 16.5. The number of hydrogen-bond donors (Lipinski definition) is 0. The van der Waals surface area contributed by atoms with Gasteiger partial charge in [-0.05, 0) is 40.0 Å². The first kappa shape index (κ1) is 29.2. The summed E-state index contributed by atoms with van der Waals surface area (Å²) in [6.07, 6.45) is 9.18. The van der Waals surface area contributed by atoms with Crippen LogP contribution in [0.3, 0.4) is 0 Å². The Morgan fingerprint density at radius 2 is 1.80 bits per heavy atom. The van der Waals surface area contributed by atoms with Gasteiger partial charge in [0.2, 0.25) is 6.23 Å². The molecule has 1 aromatic rings. The zero-order valence-corrected chi connectivity index (χ0v) is 23.2. The van der Waals surface area contributed by atoms with Gasteiger partial charge in [-0.3, -0.25) is 14.1 Å². The molecule has 0 aromatic carbocycles. The van der Waals surface area contributed by atoms with Crippen molar-refractivity contribution in [1.82, 2.24) is 8.75 Å². The number of unbranched alkanes of at least 4 members (excludes halogenated alkanes) is 4. The summed E-state index contributed by atoms with van der Waals surface area (Å²) < 4.78 is 26.5. The smallest absolute Gasteiger partial charge is 0.310 e. The SMILES string of the molecule is CCCCCCOc1nsnc1C1=CCC[N+](C)([C@H](C)OC(=O)CCCCC(=O)OC(C)(C)C)C1. The fourth-order valence-corrected chi connectivity index (χ4v) is 4.56. The molecule has 0 saturated heterocycles. The highest BCUT2D eigenvalue weighted by atomic mass is 32.1. The van der Waals surface area contributed by atoms with Crippen molar-refractivity contribution in [2.45, 2.75) is 104 Å². The lowest BCUT2D eigenvalue weighted by molar-refractivity contribution is -0.944. The molecular weight excluding hydrogens is 466 g/mol. The van der Waals surface area contributed by atoms with Gasteiger partial charge in [-0.15, -0.1) is 4.37 Å². The number of ether oxygens (including phenoxy) is 3. The molecule has 8 nitrogen and oxygen atoms in total. The maximum Gasteiger partial charge on any atom is 0.310 e. The summed E-state index contributed by atoms with van der Waals surface area (Å²) in [4.78, 5) is 24.3. The molecule has 0 spiro atoms. The van der Waals surface area contributed by atoms with Crippen LogP contribution in [0.1, 0.15) is 98.1 Å². The number of quaternary nitrogens is 1. The van der Waals surface area contributed by atoms with Gasteiger partial charge in [0.05, 0.1) is 31.9 Å². The molecule has 0 aliphatic carbocycles. The third kappa shape index (κ3) is 10.3. The first-order valence-electron chi connectivity index (χ1n) is 12.9. The molecule has 0 amide bonds. The second kappa shape index (κ2) is 13.9. The van der Waals surface area contributed by atoms with Gasteiger partial charge in [0.25, 0.3) is 5.88 Å². The second-order valence-electron chi connectivity index (χ2n) is 10.6. The lowest BCUT2D eigenvalue weighted by atomic mass is 10.0. The number of esters is 2. The molecule has 2 rings (SSSR count). The molecule has 0 saturated carbocycles. The predicted molar refractivity (Wildman–Crippen MR) is 138 cm³/mol. The van der Waals surface area contributed by atoms with E-state index in [1.807, 2.05) is 27.7 Å². The van der Waals surface area contributed by atoms with Gasteiger partial charge < -0.3 is 14.2 Å². The number of nitrogens with zero attached hydrogens (tertiary/aromatic N) is 3. The summed E-state index contributed by atoms with van der Waals surface area (Å²) >= 11 is 1.17. The van der Waals surface area contributed by atoms with Crippen molar-refractivity contribution in [2.75, 3.05) is 26.7 Å². The minimum atomic E-state index is -0.484. The lowest BCUT2D eigenvalue weighted by Gasteiger charge is -2.41. The summed E-state index contributed by atoms with van der Waals surface area (Å²) in [5, 5.41) is 0. The molecule has 198 valence electrons. The van der Waals surface area contributed by atoms with Crippen LogP contribution in [0.5, 0.6) is 5.88 Å². The summed E-state index contributed by atoms with van der Waals surface area (Å²) in [5.74, 6) is 0.148. The van der Waals surface area contributed by atoms with Crippen molar-refractivity contribution in [3.8, 4) is 5.88 Å². The van der Waals surface area contributed by atoms with Crippen LogP contribution in [-0.2, 0) is 19.1 Å². The second-order valence-corrected chi connectivity index (χ2v) is 11.1. The van der Waals surface area contributed by atoms with Crippen LogP contribution in [0.25, 0.3) is 5.57 Å². The molecule has 1 unspecified atom stereocenters. The predicted octanol–water partition coefficient (Wildman–Crippen LogP) is 5.52. The van der Waals surface area contributed by atoms with E-state index < -0.39 is 5.60 Å². The highest BCUT2D eigenvalue weighted by molar-refractivity contribution is 6.99. The molecule has 2 heterocycles. The van der Waals surface area contributed by atoms with Gasteiger partial charge in [0.15, 0.2) is 0 Å². The number of hydrogen-bond acceptors (Lipinski definition) is 8. The number of carbonyl (C=O) groups is 2. The van der Waals surface area contributed by atoms with Crippen LogP contribution in [0.2, 0.25) is 0 Å². The van der Waals surface area contributed by atoms with Crippen molar-refractivity contribution in [3.05, 3.63) is 11.8 Å². The Hall–Kier alpha value is -2.00. The fourth-order valence-electron chi connectivity index (χ4n) is 4.02. The van der Waals surface area contributed by atoms with Crippen molar-refractivity contribution in [1.29, 1.82) is 0 Å². The third-order valence-corrected chi connectivity index (χ3v) is 6.68. The molecule has 2 atom stereocenters. The largest absolute Gasteiger partial charge is 0.475 e. The minimum Gasteiger partial charge on any atom is -0.475 e. The van der Waals surface area contributed by atoms with Crippen LogP contribution in [0.4, 0.5) is 0 Å². The fraction of sp³-hybridized carbons (Fsp3) is 0.769. The molecular formula is C26H44N3O5S+. The third-order valence-electron chi connectivity index (χ3n) is 6.17. The molecule has 0 radical (unpaired) electrons. The van der Waals surface area contributed by atoms with Gasteiger partial charge in [0, 0.05) is 31.8 Å². The molecule has 0 bridgehead atoms. The van der Waals surface area contributed by atoms with Crippen LogP contribution in [-0.4, -0.2) is 63.7 Å². The maximum absolute atomic E-state index is 12.5. The Morgan fingerprint density at radius 1 is 1.09 bits per heavy atom. The highest BCUT2D eigenvalue weighted by Gasteiger charge is 2.36. The number of carbonyl (C=O) groups excluding carboxylic acids is 2. The molecule has 1 aromatic heterocycles. The topological polar surface area (TPSA) is 87.6 Å². The van der Waals surface area contributed by atoms with Crippen LogP contribution < -0.4 is 4.74 Å². The number of likely N-dealkylation sites (N-methyl/N-ethyl adjacent to an activating group) is 1. The Bertz CT molecular complexity index is 848. The molecule has 0 N–H and O–H groups in total. The monoisotopic (exact) mass is 510 g/mol. The standard InChI is InChI=1S/C26H44N3O5S/c1-7-8-9-12-18-32-25-24(27-35-28-25)21-14-13-17-29(6,19-21)20(2)33-22(30)15-10-11-16-23(31)34-26(3,4)5/h14,20H,7-13,15-19H2,1-6H3/q+1/t20-,29?/m0/s1. The Balaban J connectivity index is 1.81. The maximum atomic E-state index is 12.5. The Labute approximate surface area is 214 Å². The van der Waals surface area contributed by atoms with E-state index in [0.29, 0.717) is 49.2 Å². The van der Waals surface area contributed by atoms with Crippen molar-refractivity contribution in [3.63, 3.8) is 0 Å².